The summed E-state index contributed by atoms with van der Waals surface area (Å²) in [4.78, 5) is 12.6. The molecule has 0 unspecified atom stereocenters. The van der Waals surface area contributed by atoms with Crippen LogP contribution in [0.4, 0.5) is 0 Å². The van der Waals surface area contributed by atoms with Crippen LogP contribution in [0.5, 0.6) is 11.5 Å². The Morgan fingerprint density at radius 1 is 0.743 bits per heavy atom. The number of allylic oxidation sites excluding steroid dienone is 1. The number of ether oxygens (including phenoxy) is 2. The number of carbonyl (C=O) groups excluding carboxylic acids is 1. The fraction of sp³-hybridized carbons (Fsp3) is 0.344. The molecular formula is C32H38O3. The molecule has 184 valence electrons. The Morgan fingerprint density at radius 2 is 1.37 bits per heavy atom. The summed E-state index contributed by atoms with van der Waals surface area (Å²) >= 11 is 0. The number of rotatable bonds is 15. The number of hydrogen-bond donors (Lipinski definition) is 0. The third-order valence-corrected chi connectivity index (χ3v) is 6.08. The molecule has 0 heterocycles. The van der Waals surface area contributed by atoms with Crippen LogP contribution in [0, 0.1) is 0 Å². The van der Waals surface area contributed by atoms with Crippen molar-refractivity contribution in [2.24, 2.45) is 0 Å². The Hall–Kier alpha value is -3.33. The second-order valence-electron chi connectivity index (χ2n) is 8.93. The van der Waals surface area contributed by atoms with Gasteiger partial charge in [-0.2, -0.15) is 0 Å². The third kappa shape index (κ3) is 9.09. The molecule has 0 amide bonds. The van der Waals surface area contributed by atoms with Gasteiger partial charge in [0.15, 0.2) is 0 Å². The maximum absolute atomic E-state index is 12.6. The minimum Gasteiger partial charge on any atom is -0.494 e. The van der Waals surface area contributed by atoms with E-state index in [1.165, 1.54) is 31.2 Å². The van der Waals surface area contributed by atoms with E-state index in [0.29, 0.717) is 17.9 Å². The van der Waals surface area contributed by atoms with E-state index in [1.54, 1.807) is 12.1 Å². The lowest BCUT2D eigenvalue weighted by atomic mass is 10.0. The molecule has 0 aliphatic rings. The average molecular weight is 471 g/mol. The minimum atomic E-state index is -0.366. The molecule has 0 aliphatic carbocycles. The van der Waals surface area contributed by atoms with Crippen molar-refractivity contribution in [1.29, 1.82) is 0 Å². The molecule has 0 saturated heterocycles. The lowest BCUT2D eigenvalue weighted by molar-refractivity contribution is 0.0734. The van der Waals surface area contributed by atoms with Gasteiger partial charge in [-0.05, 0) is 91.6 Å². The fourth-order valence-electron chi connectivity index (χ4n) is 3.95. The van der Waals surface area contributed by atoms with E-state index in [1.807, 2.05) is 42.5 Å². The van der Waals surface area contributed by atoms with E-state index >= 15 is 0 Å². The maximum Gasteiger partial charge on any atom is 0.343 e. The van der Waals surface area contributed by atoms with Gasteiger partial charge in [0, 0.05) is 0 Å². The van der Waals surface area contributed by atoms with E-state index < -0.39 is 0 Å². The van der Waals surface area contributed by atoms with Crippen LogP contribution in [0.1, 0.15) is 74.2 Å². The molecule has 0 spiro atoms. The number of esters is 1. The molecule has 0 aliphatic heterocycles. The summed E-state index contributed by atoms with van der Waals surface area (Å²) in [5.41, 5.74) is 4.15. The predicted molar refractivity (Wildman–Crippen MR) is 145 cm³/mol. The normalized spacial score (nSPS) is 10.7. The fourth-order valence-corrected chi connectivity index (χ4v) is 3.95. The lowest BCUT2D eigenvalue weighted by Gasteiger charge is -2.09. The van der Waals surface area contributed by atoms with Crippen molar-refractivity contribution in [1.82, 2.24) is 0 Å². The first-order valence-electron chi connectivity index (χ1n) is 12.9. The van der Waals surface area contributed by atoms with E-state index in [4.69, 9.17) is 9.47 Å². The predicted octanol–water partition coefficient (Wildman–Crippen LogP) is 8.82. The Labute approximate surface area is 210 Å². The van der Waals surface area contributed by atoms with Crippen LogP contribution in [-0.2, 0) is 6.42 Å². The number of unbranched alkanes of at least 4 members (excludes halogenated alkanes) is 6. The Bertz CT molecular complexity index is 1020. The van der Waals surface area contributed by atoms with Crippen molar-refractivity contribution in [2.75, 3.05) is 6.61 Å². The summed E-state index contributed by atoms with van der Waals surface area (Å²) in [5.74, 6) is 0.923. The minimum absolute atomic E-state index is 0.366. The van der Waals surface area contributed by atoms with Gasteiger partial charge in [0.1, 0.15) is 11.5 Å². The van der Waals surface area contributed by atoms with Gasteiger partial charge in [0.05, 0.1) is 12.2 Å². The number of carbonyl (C=O) groups is 1. The molecular weight excluding hydrogens is 432 g/mol. The van der Waals surface area contributed by atoms with Crippen LogP contribution in [0.3, 0.4) is 0 Å². The third-order valence-electron chi connectivity index (χ3n) is 6.08. The molecule has 3 aromatic carbocycles. The molecule has 3 rings (SSSR count). The maximum atomic E-state index is 12.6. The van der Waals surface area contributed by atoms with Gasteiger partial charge in [-0.15, -0.1) is 6.58 Å². The number of hydrogen-bond acceptors (Lipinski definition) is 3. The first-order valence-corrected chi connectivity index (χ1v) is 12.9. The highest BCUT2D eigenvalue weighted by molar-refractivity contribution is 5.91. The zero-order valence-corrected chi connectivity index (χ0v) is 21.0. The first kappa shape index (κ1) is 26.3. The molecule has 3 aromatic rings. The summed E-state index contributed by atoms with van der Waals surface area (Å²) in [6.07, 6.45) is 12.5. The Kier molecular flexibility index (Phi) is 11.1. The SMILES string of the molecule is C=CCCCCCOc1ccc(OC(=O)c2ccc(-c3ccc(CCCCCC)cc3)cc2)cc1. The molecule has 3 nitrogen and oxygen atoms in total. The van der Waals surface area contributed by atoms with Gasteiger partial charge >= 0.3 is 5.97 Å². The van der Waals surface area contributed by atoms with Crippen molar-refractivity contribution in [3.8, 4) is 22.6 Å². The van der Waals surface area contributed by atoms with Crippen LogP contribution in [0.25, 0.3) is 11.1 Å². The van der Waals surface area contributed by atoms with Crippen LogP contribution < -0.4 is 9.47 Å². The summed E-state index contributed by atoms with van der Waals surface area (Å²) < 4.78 is 11.3. The van der Waals surface area contributed by atoms with Gasteiger partial charge in [-0.1, -0.05) is 68.7 Å². The molecule has 0 saturated carbocycles. The smallest absolute Gasteiger partial charge is 0.343 e. The quantitative estimate of drug-likeness (QED) is 0.0963. The molecule has 35 heavy (non-hydrogen) atoms. The van der Waals surface area contributed by atoms with Gasteiger partial charge in [0.2, 0.25) is 0 Å². The highest BCUT2D eigenvalue weighted by atomic mass is 16.5. The van der Waals surface area contributed by atoms with Crippen LogP contribution in [0.2, 0.25) is 0 Å². The number of aryl methyl sites for hydroxylation is 1. The van der Waals surface area contributed by atoms with Crippen molar-refractivity contribution in [3.63, 3.8) is 0 Å². The van der Waals surface area contributed by atoms with Crippen molar-refractivity contribution < 1.29 is 14.3 Å². The van der Waals surface area contributed by atoms with E-state index in [0.717, 1.165) is 49.0 Å². The zero-order chi connectivity index (χ0) is 24.7. The van der Waals surface area contributed by atoms with Gasteiger partial charge in [-0.3, -0.25) is 0 Å². The monoisotopic (exact) mass is 470 g/mol. The highest BCUT2D eigenvalue weighted by Gasteiger charge is 2.09. The van der Waals surface area contributed by atoms with Crippen LogP contribution in [0.15, 0.2) is 85.5 Å². The van der Waals surface area contributed by atoms with Crippen LogP contribution >= 0.6 is 0 Å². The first-order chi connectivity index (χ1) is 17.2. The summed E-state index contributed by atoms with van der Waals surface area (Å²) in [5, 5.41) is 0. The van der Waals surface area contributed by atoms with Crippen molar-refractivity contribution in [3.05, 3.63) is 96.6 Å². The van der Waals surface area contributed by atoms with Gasteiger partial charge in [-0.25, -0.2) is 4.79 Å². The summed E-state index contributed by atoms with van der Waals surface area (Å²) in [6.45, 7) is 6.66. The van der Waals surface area contributed by atoms with Crippen molar-refractivity contribution >= 4 is 5.97 Å². The molecule has 3 heteroatoms. The molecule has 0 fully saturated rings. The van der Waals surface area contributed by atoms with Gasteiger partial charge in [0.25, 0.3) is 0 Å². The van der Waals surface area contributed by atoms with Crippen molar-refractivity contribution in [2.45, 2.75) is 64.7 Å². The topological polar surface area (TPSA) is 35.5 Å². The summed E-state index contributed by atoms with van der Waals surface area (Å²) in [7, 11) is 0. The van der Waals surface area contributed by atoms with E-state index in [9.17, 15) is 4.79 Å². The van der Waals surface area contributed by atoms with E-state index in [-0.39, 0.29) is 5.97 Å². The van der Waals surface area contributed by atoms with E-state index in [2.05, 4.69) is 37.8 Å². The zero-order valence-electron chi connectivity index (χ0n) is 21.0. The standard InChI is InChI=1S/C32H38O3/c1-3-5-7-9-11-25-34-30-21-23-31(24-22-30)35-32(33)29-19-17-28(18-20-29)27-15-13-26(14-16-27)12-10-8-6-4-2/h3,13-24H,1,4-12,25H2,2H3. The van der Waals surface area contributed by atoms with Crippen LogP contribution in [-0.4, -0.2) is 12.6 Å². The Morgan fingerprint density at radius 3 is 2.03 bits per heavy atom. The summed E-state index contributed by atoms with van der Waals surface area (Å²) in [6, 6.07) is 23.5. The molecule has 0 atom stereocenters. The second-order valence-corrected chi connectivity index (χ2v) is 8.93. The molecule has 0 bridgehead atoms. The highest BCUT2D eigenvalue weighted by Crippen LogP contribution is 2.23. The molecule has 0 aromatic heterocycles. The van der Waals surface area contributed by atoms with Gasteiger partial charge < -0.3 is 9.47 Å². The largest absolute Gasteiger partial charge is 0.494 e. The second kappa shape index (κ2) is 14.8. The average Bonchev–Trinajstić information content (AvgIpc) is 2.90. The Balaban J connectivity index is 1.47. The molecule has 0 radical (unpaired) electrons. The molecule has 0 N–H and O–H groups in total. The number of benzene rings is 3. The lowest BCUT2D eigenvalue weighted by Crippen LogP contribution is -2.08.